The maximum atomic E-state index is 12.3. The van der Waals surface area contributed by atoms with Crippen molar-refractivity contribution in [3.8, 4) is 5.88 Å². The third kappa shape index (κ3) is 4.47. The van der Waals surface area contributed by atoms with Gasteiger partial charge in [-0.25, -0.2) is 9.97 Å². The number of ether oxygens (including phenoxy) is 1. The van der Waals surface area contributed by atoms with Crippen LogP contribution >= 0.6 is 0 Å². The average molecular weight is 356 g/mol. The van der Waals surface area contributed by atoms with Crippen LogP contribution in [0.15, 0.2) is 35.5 Å². The number of rotatable bonds is 5. The Morgan fingerprint density at radius 1 is 1.23 bits per heavy atom. The van der Waals surface area contributed by atoms with Gasteiger partial charge in [-0.1, -0.05) is 6.07 Å². The Labute approximate surface area is 152 Å². The summed E-state index contributed by atoms with van der Waals surface area (Å²) in [7, 11) is 0. The molecule has 1 aliphatic carbocycles. The number of carbonyl (C=O) groups excluding carboxylic acids is 1. The number of hydrogen-bond acceptors (Lipinski definition) is 5. The molecule has 1 N–H and O–H groups in total. The lowest BCUT2D eigenvalue weighted by Gasteiger charge is -2.29. The number of pyridine rings is 1. The molecule has 0 aromatic carbocycles. The Hall–Kier alpha value is -2.70. The fraction of sp³-hybridized carbons (Fsp3) is 0.474. The van der Waals surface area contributed by atoms with Gasteiger partial charge in [0.15, 0.2) is 0 Å². The highest BCUT2D eigenvalue weighted by Crippen LogP contribution is 2.22. The van der Waals surface area contributed by atoms with E-state index in [2.05, 4.69) is 15.3 Å². The summed E-state index contributed by atoms with van der Waals surface area (Å²) in [6.07, 6.45) is 6.71. The molecule has 2 aromatic rings. The predicted octanol–water partition coefficient (Wildman–Crippen LogP) is 1.76. The molecule has 1 aliphatic rings. The molecule has 1 amide bonds. The molecular weight excluding hydrogens is 332 g/mol. The molecule has 0 aliphatic heterocycles. The molecule has 0 spiro atoms. The summed E-state index contributed by atoms with van der Waals surface area (Å²) in [4.78, 5) is 32.7. The molecule has 0 bridgehead atoms. The van der Waals surface area contributed by atoms with Gasteiger partial charge in [0.05, 0.1) is 6.33 Å². The van der Waals surface area contributed by atoms with Gasteiger partial charge in [0.1, 0.15) is 12.6 Å². The minimum Gasteiger partial charge on any atom is -0.474 e. The largest absolute Gasteiger partial charge is 0.474 e. The SMILES string of the molecule is Cc1ncn(CC(=O)NC2CCC(Oc3ccccn3)CC2)c(=O)c1C. The third-order valence-electron chi connectivity index (χ3n) is 4.79. The van der Waals surface area contributed by atoms with Crippen molar-refractivity contribution in [3.63, 3.8) is 0 Å². The Kier molecular flexibility index (Phi) is 5.65. The minimum absolute atomic E-state index is 0.00266. The molecule has 7 heteroatoms. The Morgan fingerprint density at radius 3 is 2.69 bits per heavy atom. The fourth-order valence-electron chi connectivity index (χ4n) is 3.13. The molecule has 7 nitrogen and oxygen atoms in total. The van der Waals surface area contributed by atoms with Crippen LogP contribution in [-0.4, -0.2) is 32.6 Å². The second-order valence-corrected chi connectivity index (χ2v) is 6.72. The van der Waals surface area contributed by atoms with Crippen LogP contribution in [-0.2, 0) is 11.3 Å². The van der Waals surface area contributed by atoms with Gasteiger partial charge in [-0.15, -0.1) is 0 Å². The first-order chi connectivity index (χ1) is 12.5. The molecule has 0 saturated heterocycles. The molecule has 0 unspecified atom stereocenters. The van der Waals surface area contributed by atoms with E-state index in [1.54, 1.807) is 20.0 Å². The first-order valence-electron chi connectivity index (χ1n) is 8.92. The van der Waals surface area contributed by atoms with Gasteiger partial charge >= 0.3 is 0 Å². The van der Waals surface area contributed by atoms with Crippen molar-refractivity contribution < 1.29 is 9.53 Å². The summed E-state index contributed by atoms with van der Waals surface area (Å²) in [6.45, 7) is 3.51. The van der Waals surface area contributed by atoms with Crippen molar-refractivity contribution in [1.29, 1.82) is 0 Å². The minimum atomic E-state index is -0.167. The molecule has 26 heavy (non-hydrogen) atoms. The average Bonchev–Trinajstić information content (AvgIpc) is 2.65. The monoisotopic (exact) mass is 356 g/mol. The van der Waals surface area contributed by atoms with Gasteiger partial charge in [-0.3, -0.25) is 14.2 Å². The predicted molar refractivity (Wildman–Crippen MR) is 97.0 cm³/mol. The van der Waals surface area contributed by atoms with Crippen molar-refractivity contribution in [1.82, 2.24) is 19.9 Å². The second kappa shape index (κ2) is 8.12. The van der Waals surface area contributed by atoms with Crippen LogP contribution in [0.5, 0.6) is 5.88 Å². The highest BCUT2D eigenvalue weighted by Gasteiger charge is 2.24. The molecular formula is C19H24N4O3. The Bertz CT molecular complexity index is 811. The fourth-order valence-corrected chi connectivity index (χ4v) is 3.13. The maximum absolute atomic E-state index is 12.3. The number of amides is 1. The van der Waals surface area contributed by atoms with Crippen LogP contribution in [0.2, 0.25) is 0 Å². The number of nitrogens with zero attached hydrogens (tertiary/aromatic N) is 3. The molecule has 138 valence electrons. The highest BCUT2D eigenvalue weighted by molar-refractivity contribution is 5.76. The molecule has 3 rings (SSSR count). The lowest BCUT2D eigenvalue weighted by atomic mass is 9.93. The van der Waals surface area contributed by atoms with Crippen LogP contribution in [0, 0.1) is 13.8 Å². The van der Waals surface area contributed by atoms with Gasteiger partial charge in [0.2, 0.25) is 11.8 Å². The first-order valence-corrected chi connectivity index (χ1v) is 8.92. The van der Waals surface area contributed by atoms with Crippen molar-refractivity contribution in [2.75, 3.05) is 0 Å². The van der Waals surface area contributed by atoms with Gasteiger partial charge < -0.3 is 10.1 Å². The van der Waals surface area contributed by atoms with Crippen molar-refractivity contribution in [2.24, 2.45) is 0 Å². The standard InChI is InChI=1S/C19H24N4O3/c1-13-14(2)21-12-23(19(13)25)11-17(24)22-15-6-8-16(9-7-15)26-18-5-3-4-10-20-18/h3-5,10,12,15-16H,6-9,11H2,1-2H3,(H,22,24). The summed E-state index contributed by atoms with van der Waals surface area (Å²) in [5.74, 6) is 0.479. The van der Waals surface area contributed by atoms with E-state index in [-0.39, 0.29) is 30.2 Å². The van der Waals surface area contributed by atoms with E-state index in [1.165, 1.54) is 10.9 Å². The zero-order chi connectivity index (χ0) is 18.5. The second-order valence-electron chi connectivity index (χ2n) is 6.72. The number of nitrogens with one attached hydrogen (secondary N) is 1. The van der Waals surface area contributed by atoms with Crippen LogP contribution in [0.25, 0.3) is 0 Å². The smallest absolute Gasteiger partial charge is 0.256 e. The summed E-state index contributed by atoms with van der Waals surface area (Å²) >= 11 is 0. The van der Waals surface area contributed by atoms with Crippen molar-refractivity contribution in [2.45, 2.75) is 58.2 Å². The van der Waals surface area contributed by atoms with E-state index in [9.17, 15) is 9.59 Å². The molecule has 0 atom stereocenters. The van der Waals surface area contributed by atoms with Crippen LogP contribution < -0.4 is 15.6 Å². The molecule has 2 aromatic heterocycles. The maximum Gasteiger partial charge on any atom is 0.256 e. The van der Waals surface area contributed by atoms with Crippen LogP contribution in [0.4, 0.5) is 0 Å². The van der Waals surface area contributed by atoms with E-state index in [0.717, 1.165) is 25.7 Å². The Morgan fingerprint density at radius 2 is 2.00 bits per heavy atom. The zero-order valence-corrected chi connectivity index (χ0v) is 15.1. The van der Waals surface area contributed by atoms with E-state index in [0.29, 0.717) is 17.1 Å². The number of carbonyl (C=O) groups is 1. The number of aromatic nitrogens is 3. The van der Waals surface area contributed by atoms with Gasteiger partial charge in [-0.05, 0) is 45.6 Å². The highest BCUT2D eigenvalue weighted by atomic mass is 16.5. The molecule has 2 heterocycles. The van der Waals surface area contributed by atoms with Gasteiger partial charge in [0.25, 0.3) is 5.56 Å². The Balaban J connectivity index is 1.48. The van der Waals surface area contributed by atoms with E-state index in [4.69, 9.17) is 4.74 Å². The number of aryl methyl sites for hydroxylation is 1. The van der Waals surface area contributed by atoms with Gasteiger partial charge in [0, 0.05) is 29.6 Å². The van der Waals surface area contributed by atoms with Gasteiger partial charge in [-0.2, -0.15) is 0 Å². The van der Waals surface area contributed by atoms with Crippen molar-refractivity contribution >= 4 is 5.91 Å². The topological polar surface area (TPSA) is 86.1 Å². The quantitative estimate of drug-likeness (QED) is 0.882. The van der Waals surface area contributed by atoms with E-state index >= 15 is 0 Å². The molecule has 1 saturated carbocycles. The zero-order valence-electron chi connectivity index (χ0n) is 15.1. The normalized spacial score (nSPS) is 19.8. The molecule has 0 radical (unpaired) electrons. The summed E-state index contributed by atoms with van der Waals surface area (Å²) in [5.41, 5.74) is 1.10. The first kappa shape index (κ1) is 18.1. The summed E-state index contributed by atoms with van der Waals surface area (Å²) in [6, 6.07) is 5.72. The van der Waals surface area contributed by atoms with Crippen LogP contribution in [0.1, 0.15) is 36.9 Å². The third-order valence-corrected chi connectivity index (χ3v) is 4.79. The lowest BCUT2D eigenvalue weighted by Crippen LogP contribution is -2.42. The van der Waals surface area contributed by atoms with Crippen molar-refractivity contribution in [3.05, 3.63) is 52.3 Å². The number of hydrogen-bond donors (Lipinski definition) is 1. The van der Waals surface area contributed by atoms with E-state index in [1.807, 2.05) is 18.2 Å². The lowest BCUT2D eigenvalue weighted by molar-refractivity contribution is -0.122. The summed E-state index contributed by atoms with van der Waals surface area (Å²) < 4.78 is 7.22. The van der Waals surface area contributed by atoms with Crippen LogP contribution in [0.3, 0.4) is 0 Å². The summed E-state index contributed by atoms with van der Waals surface area (Å²) in [5, 5.41) is 3.02. The molecule has 1 fully saturated rings. The van der Waals surface area contributed by atoms with E-state index < -0.39 is 0 Å².